The summed E-state index contributed by atoms with van der Waals surface area (Å²) in [7, 11) is 0. The molecule has 1 amide bonds. The molecular formula is C21H25N3O3. The minimum atomic E-state index is -0.263. The van der Waals surface area contributed by atoms with Gasteiger partial charge in [-0.2, -0.15) is 0 Å². The number of H-pyrrole nitrogens is 1. The maximum Gasteiger partial charge on any atom is 0.257 e. The summed E-state index contributed by atoms with van der Waals surface area (Å²) in [5.41, 5.74) is 2.53. The van der Waals surface area contributed by atoms with E-state index in [9.17, 15) is 9.59 Å². The van der Waals surface area contributed by atoms with Gasteiger partial charge in [-0.25, -0.2) is 0 Å². The van der Waals surface area contributed by atoms with Crippen LogP contribution in [0.5, 0.6) is 5.75 Å². The van der Waals surface area contributed by atoms with Crippen LogP contribution in [-0.4, -0.2) is 36.4 Å². The molecule has 6 nitrogen and oxygen atoms in total. The topological polar surface area (TPSA) is 83.2 Å². The Labute approximate surface area is 158 Å². The Morgan fingerprint density at radius 1 is 1.19 bits per heavy atom. The van der Waals surface area contributed by atoms with E-state index in [4.69, 9.17) is 4.74 Å². The number of nitrogens with one attached hydrogen (secondary N) is 3. The predicted molar refractivity (Wildman–Crippen MR) is 104 cm³/mol. The first-order valence-corrected chi connectivity index (χ1v) is 9.69. The van der Waals surface area contributed by atoms with Crippen molar-refractivity contribution >= 4 is 17.4 Å². The molecule has 0 atom stereocenters. The molecule has 142 valence electrons. The zero-order valence-corrected chi connectivity index (χ0v) is 15.3. The number of rotatable bonds is 8. The molecule has 4 rings (SSSR count). The van der Waals surface area contributed by atoms with E-state index in [-0.39, 0.29) is 11.7 Å². The van der Waals surface area contributed by atoms with Gasteiger partial charge in [-0.3, -0.25) is 9.59 Å². The third-order valence-electron chi connectivity index (χ3n) is 5.11. The van der Waals surface area contributed by atoms with Crippen LogP contribution >= 0.6 is 0 Å². The highest BCUT2D eigenvalue weighted by Crippen LogP contribution is 2.27. The summed E-state index contributed by atoms with van der Waals surface area (Å²) in [6, 6.07) is 7.31. The van der Waals surface area contributed by atoms with Crippen LogP contribution in [0.4, 0.5) is 5.69 Å². The second-order valence-corrected chi connectivity index (χ2v) is 7.31. The Balaban J connectivity index is 1.29. The maximum absolute atomic E-state index is 12.6. The molecule has 0 saturated heterocycles. The number of ether oxygens (including phenoxy) is 1. The van der Waals surface area contributed by atoms with Crippen LogP contribution in [0.15, 0.2) is 30.5 Å². The number of fused-ring (bicyclic) bond motifs is 1. The Morgan fingerprint density at radius 3 is 2.78 bits per heavy atom. The van der Waals surface area contributed by atoms with Crippen molar-refractivity contribution in [3.63, 3.8) is 0 Å². The first kappa shape index (κ1) is 17.8. The van der Waals surface area contributed by atoms with Crippen LogP contribution in [-0.2, 0) is 6.42 Å². The molecule has 1 heterocycles. The number of aryl methyl sites for hydroxylation is 1. The minimum Gasteiger partial charge on any atom is -0.492 e. The first-order valence-electron chi connectivity index (χ1n) is 9.69. The molecule has 0 aliphatic heterocycles. The van der Waals surface area contributed by atoms with Crippen LogP contribution < -0.4 is 15.4 Å². The molecular weight excluding hydrogens is 342 g/mol. The Hall–Kier alpha value is -2.60. The van der Waals surface area contributed by atoms with Gasteiger partial charge in [0.1, 0.15) is 12.4 Å². The van der Waals surface area contributed by atoms with Gasteiger partial charge in [-0.1, -0.05) is 0 Å². The SMILES string of the molecule is O=C(Nc1ccc(OCCNCC2CC2)cc1)c1c[nH]c2c1C(=O)CCC2. The second kappa shape index (κ2) is 7.96. The summed E-state index contributed by atoms with van der Waals surface area (Å²) in [5, 5.41) is 6.25. The summed E-state index contributed by atoms with van der Waals surface area (Å²) >= 11 is 0. The zero-order chi connectivity index (χ0) is 18.6. The molecule has 2 aromatic rings. The van der Waals surface area contributed by atoms with Crippen molar-refractivity contribution in [2.45, 2.75) is 32.1 Å². The van der Waals surface area contributed by atoms with E-state index in [0.29, 0.717) is 29.8 Å². The monoisotopic (exact) mass is 367 g/mol. The van der Waals surface area contributed by atoms with Crippen LogP contribution in [0.2, 0.25) is 0 Å². The van der Waals surface area contributed by atoms with Gasteiger partial charge in [0.15, 0.2) is 5.78 Å². The van der Waals surface area contributed by atoms with Crippen molar-refractivity contribution in [1.29, 1.82) is 0 Å². The van der Waals surface area contributed by atoms with E-state index in [1.54, 1.807) is 6.20 Å². The summed E-state index contributed by atoms with van der Waals surface area (Å²) < 4.78 is 5.70. The molecule has 6 heteroatoms. The van der Waals surface area contributed by atoms with E-state index >= 15 is 0 Å². The zero-order valence-electron chi connectivity index (χ0n) is 15.3. The smallest absolute Gasteiger partial charge is 0.257 e. The van der Waals surface area contributed by atoms with E-state index in [0.717, 1.165) is 43.3 Å². The molecule has 1 aromatic carbocycles. The summed E-state index contributed by atoms with van der Waals surface area (Å²) in [5.74, 6) is 1.42. The molecule has 1 aromatic heterocycles. The number of Topliss-reactive ketones (excluding diaryl/α,β-unsaturated/α-hetero) is 1. The highest BCUT2D eigenvalue weighted by molar-refractivity contribution is 6.13. The summed E-state index contributed by atoms with van der Waals surface area (Å²) in [6.07, 6.45) is 6.49. The Kier molecular flexibility index (Phi) is 5.25. The fourth-order valence-corrected chi connectivity index (χ4v) is 3.41. The number of anilines is 1. The van der Waals surface area contributed by atoms with E-state index in [1.165, 1.54) is 12.8 Å². The van der Waals surface area contributed by atoms with E-state index in [1.807, 2.05) is 24.3 Å². The molecule has 3 N–H and O–H groups in total. The molecule has 0 bridgehead atoms. The number of amides is 1. The van der Waals surface area contributed by atoms with Crippen molar-refractivity contribution < 1.29 is 14.3 Å². The van der Waals surface area contributed by atoms with Crippen molar-refractivity contribution in [3.8, 4) is 5.75 Å². The number of hydrogen-bond acceptors (Lipinski definition) is 4. The Bertz CT molecular complexity index is 822. The number of aromatic amines is 1. The van der Waals surface area contributed by atoms with Crippen LogP contribution in [0, 0.1) is 5.92 Å². The Morgan fingerprint density at radius 2 is 2.00 bits per heavy atom. The number of hydrogen-bond donors (Lipinski definition) is 3. The summed E-state index contributed by atoms with van der Waals surface area (Å²) in [4.78, 5) is 27.8. The number of aromatic nitrogens is 1. The molecule has 0 unspecified atom stereocenters. The lowest BCUT2D eigenvalue weighted by atomic mass is 9.93. The average Bonchev–Trinajstić information content (AvgIpc) is 3.39. The van der Waals surface area contributed by atoms with Gasteiger partial charge in [0, 0.05) is 30.5 Å². The predicted octanol–water partition coefficient (Wildman–Crippen LogP) is 3.16. The normalized spacial score (nSPS) is 16.1. The van der Waals surface area contributed by atoms with Crippen molar-refractivity contribution in [2.75, 3.05) is 25.0 Å². The molecule has 2 aliphatic rings. The molecule has 1 saturated carbocycles. The fourth-order valence-electron chi connectivity index (χ4n) is 3.41. The lowest BCUT2D eigenvalue weighted by Crippen LogP contribution is -2.23. The van der Waals surface area contributed by atoms with E-state index in [2.05, 4.69) is 15.6 Å². The molecule has 27 heavy (non-hydrogen) atoms. The van der Waals surface area contributed by atoms with Crippen LogP contribution in [0.25, 0.3) is 0 Å². The van der Waals surface area contributed by atoms with Crippen LogP contribution in [0.1, 0.15) is 52.1 Å². The average molecular weight is 367 g/mol. The highest BCUT2D eigenvalue weighted by Gasteiger charge is 2.25. The van der Waals surface area contributed by atoms with Gasteiger partial charge in [0.2, 0.25) is 0 Å². The van der Waals surface area contributed by atoms with Gasteiger partial charge >= 0.3 is 0 Å². The number of ketones is 1. The maximum atomic E-state index is 12.6. The second-order valence-electron chi connectivity index (χ2n) is 7.31. The lowest BCUT2D eigenvalue weighted by Gasteiger charge is -2.12. The van der Waals surface area contributed by atoms with Gasteiger partial charge in [-0.05, 0) is 62.4 Å². The van der Waals surface area contributed by atoms with Gasteiger partial charge in [0.25, 0.3) is 5.91 Å². The lowest BCUT2D eigenvalue weighted by molar-refractivity contribution is 0.0956. The number of benzene rings is 1. The van der Waals surface area contributed by atoms with Gasteiger partial charge < -0.3 is 20.4 Å². The van der Waals surface area contributed by atoms with Gasteiger partial charge in [0.05, 0.1) is 11.1 Å². The third kappa shape index (κ3) is 4.39. The fraction of sp³-hybridized carbons (Fsp3) is 0.429. The van der Waals surface area contributed by atoms with Crippen molar-refractivity contribution in [2.24, 2.45) is 5.92 Å². The molecule has 0 radical (unpaired) electrons. The summed E-state index contributed by atoms with van der Waals surface area (Å²) in [6.45, 7) is 2.54. The minimum absolute atomic E-state index is 0.0432. The largest absolute Gasteiger partial charge is 0.492 e. The standard InChI is InChI=1S/C21H25N3O3/c25-19-3-1-2-18-20(19)17(13-23-18)21(26)24-15-6-8-16(9-7-15)27-11-10-22-12-14-4-5-14/h6-9,13-14,22-23H,1-5,10-12H2,(H,24,26). The van der Waals surface area contributed by atoms with Crippen molar-refractivity contribution in [1.82, 2.24) is 10.3 Å². The quantitative estimate of drug-likeness (QED) is 0.626. The number of carbonyl (C=O) groups excluding carboxylic acids is 2. The van der Waals surface area contributed by atoms with Gasteiger partial charge in [-0.15, -0.1) is 0 Å². The van der Waals surface area contributed by atoms with Crippen LogP contribution in [0.3, 0.4) is 0 Å². The first-order chi connectivity index (χ1) is 13.2. The third-order valence-corrected chi connectivity index (χ3v) is 5.11. The van der Waals surface area contributed by atoms with Crippen molar-refractivity contribution in [3.05, 3.63) is 47.3 Å². The van der Waals surface area contributed by atoms with E-state index < -0.39 is 0 Å². The highest BCUT2D eigenvalue weighted by atomic mass is 16.5. The molecule has 1 fully saturated rings. The molecule has 2 aliphatic carbocycles. The molecule has 0 spiro atoms. The number of carbonyl (C=O) groups is 2.